The van der Waals surface area contributed by atoms with Crippen LogP contribution in [0.15, 0.2) is 58.7 Å². The number of nitrogen functional groups attached to an aromatic ring is 1. The monoisotopic (exact) mass is 356 g/mol. The van der Waals surface area contributed by atoms with Gasteiger partial charge >= 0.3 is 0 Å². The van der Waals surface area contributed by atoms with Crippen molar-refractivity contribution in [1.82, 2.24) is 9.97 Å². The van der Waals surface area contributed by atoms with Crippen LogP contribution in [0.4, 0.5) is 17.2 Å². The molecule has 6 heteroatoms. The Bertz CT molecular complexity index is 865. The molecular weight excluding hydrogens is 340 g/mol. The molecule has 3 rings (SSSR count). The molecule has 1 heterocycles. The summed E-state index contributed by atoms with van der Waals surface area (Å²) in [5.74, 6) is 0.588. The number of hydrogen-bond donors (Lipinski definition) is 2. The van der Waals surface area contributed by atoms with Gasteiger partial charge in [0.15, 0.2) is 5.82 Å². The van der Waals surface area contributed by atoms with Crippen molar-refractivity contribution in [3.8, 4) is 0 Å². The largest absolute Gasteiger partial charge is 0.394 e. The maximum Gasteiger partial charge on any atom is 0.158 e. The molecular formula is C18H17ClN4S. The fraction of sp³-hybridized carbons (Fsp3) is 0.111. The number of hydrogen-bond acceptors (Lipinski definition) is 5. The molecule has 0 bridgehead atoms. The zero-order valence-corrected chi connectivity index (χ0v) is 14.9. The number of halogens is 1. The second-order valence-electron chi connectivity index (χ2n) is 5.44. The van der Waals surface area contributed by atoms with Crippen LogP contribution in [-0.4, -0.2) is 9.97 Å². The first kappa shape index (κ1) is 16.6. The van der Waals surface area contributed by atoms with Gasteiger partial charge in [0.1, 0.15) is 17.0 Å². The van der Waals surface area contributed by atoms with E-state index in [-0.39, 0.29) is 0 Å². The molecule has 0 aliphatic heterocycles. The summed E-state index contributed by atoms with van der Waals surface area (Å²) in [6, 6.07) is 13.9. The highest BCUT2D eigenvalue weighted by Crippen LogP contribution is 2.34. The van der Waals surface area contributed by atoms with Crippen molar-refractivity contribution in [2.24, 2.45) is 0 Å². The molecule has 4 nitrogen and oxygen atoms in total. The van der Waals surface area contributed by atoms with E-state index in [0.29, 0.717) is 16.5 Å². The van der Waals surface area contributed by atoms with Crippen molar-refractivity contribution >= 4 is 40.6 Å². The van der Waals surface area contributed by atoms with Crippen LogP contribution < -0.4 is 11.1 Å². The molecule has 0 amide bonds. The maximum atomic E-state index is 6.25. The molecule has 3 N–H and O–H groups in total. The third-order valence-electron chi connectivity index (χ3n) is 3.52. The molecule has 0 atom stereocenters. The van der Waals surface area contributed by atoms with Gasteiger partial charge in [-0.25, -0.2) is 9.97 Å². The summed E-state index contributed by atoms with van der Waals surface area (Å²) in [4.78, 5) is 9.64. The van der Waals surface area contributed by atoms with Crippen molar-refractivity contribution in [3.05, 3.63) is 64.9 Å². The van der Waals surface area contributed by atoms with Gasteiger partial charge in [0.2, 0.25) is 0 Å². The average molecular weight is 357 g/mol. The predicted octanol–water partition coefficient (Wildman–Crippen LogP) is 5.22. The van der Waals surface area contributed by atoms with Crippen LogP contribution in [0.5, 0.6) is 0 Å². The summed E-state index contributed by atoms with van der Waals surface area (Å²) in [6.45, 7) is 4.04. The first-order valence-corrected chi connectivity index (χ1v) is 8.60. The Morgan fingerprint density at radius 3 is 2.50 bits per heavy atom. The summed E-state index contributed by atoms with van der Waals surface area (Å²) in [6.07, 6.45) is 1.51. The van der Waals surface area contributed by atoms with E-state index in [0.717, 1.165) is 21.2 Å². The highest BCUT2D eigenvalue weighted by Gasteiger charge is 2.11. The number of anilines is 3. The zero-order valence-electron chi connectivity index (χ0n) is 13.4. The molecule has 0 saturated carbocycles. The van der Waals surface area contributed by atoms with Crippen LogP contribution in [0, 0.1) is 13.8 Å². The lowest BCUT2D eigenvalue weighted by atomic mass is 10.2. The third-order valence-corrected chi connectivity index (χ3v) is 4.79. The number of nitrogens with two attached hydrogens (primary N) is 1. The molecule has 1 aromatic heterocycles. The van der Waals surface area contributed by atoms with Crippen LogP contribution >= 0.6 is 23.4 Å². The molecule has 0 aliphatic carbocycles. The minimum absolute atomic E-state index is 0.525. The topological polar surface area (TPSA) is 63.8 Å². The van der Waals surface area contributed by atoms with Crippen LogP contribution in [0.25, 0.3) is 0 Å². The van der Waals surface area contributed by atoms with Crippen LogP contribution in [0.1, 0.15) is 11.1 Å². The Morgan fingerprint density at radius 2 is 1.79 bits per heavy atom. The fourth-order valence-corrected chi connectivity index (χ4v) is 3.20. The first-order valence-electron chi connectivity index (χ1n) is 7.41. The summed E-state index contributed by atoms with van der Waals surface area (Å²) < 4.78 is 0. The van der Waals surface area contributed by atoms with E-state index >= 15 is 0 Å². The van der Waals surface area contributed by atoms with Crippen LogP contribution in [-0.2, 0) is 0 Å². The minimum atomic E-state index is 0.525. The predicted molar refractivity (Wildman–Crippen MR) is 101 cm³/mol. The molecule has 24 heavy (non-hydrogen) atoms. The summed E-state index contributed by atoms with van der Waals surface area (Å²) in [7, 11) is 0. The molecule has 0 radical (unpaired) electrons. The van der Waals surface area contributed by atoms with E-state index in [1.54, 1.807) is 0 Å². The van der Waals surface area contributed by atoms with E-state index in [2.05, 4.69) is 46.5 Å². The second kappa shape index (κ2) is 7.11. The van der Waals surface area contributed by atoms with Gasteiger partial charge in [-0.3, -0.25) is 0 Å². The molecule has 2 aromatic carbocycles. The lowest BCUT2D eigenvalue weighted by Gasteiger charge is -2.13. The normalized spacial score (nSPS) is 10.6. The molecule has 0 spiro atoms. The van der Waals surface area contributed by atoms with Gasteiger partial charge < -0.3 is 11.1 Å². The number of aryl methyl sites for hydroxylation is 2. The summed E-state index contributed by atoms with van der Waals surface area (Å²) in [5.41, 5.74) is 9.93. The molecule has 0 fully saturated rings. The Morgan fingerprint density at radius 1 is 1.04 bits per heavy atom. The number of aromatic nitrogens is 2. The van der Waals surface area contributed by atoms with Gasteiger partial charge in [0.05, 0.1) is 0 Å². The van der Waals surface area contributed by atoms with Crippen LogP contribution in [0.3, 0.4) is 0 Å². The molecule has 3 aromatic rings. The SMILES string of the molecule is Cc1ccc(Sc2ncnc(Nc3ccc(Cl)cc3C)c2N)cc1. The van der Waals surface area contributed by atoms with Crippen molar-refractivity contribution in [2.45, 2.75) is 23.8 Å². The Balaban J connectivity index is 1.86. The van der Waals surface area contributed by atoms with E-state index in [4.69, 9.17) is 17.3 Å². The smallest absolute Gasteiger partial charge is 0.158 e. The van der Waals surface area contributed by atoms with E-state index in [1.165, 1.54) is 23.7 Å². The van der Waals surface area contributed by atoms with Gasteiger partial charge in [-0.1, -0.05) is 41.1 Å². The van der Waals surface area contributed by atoms with E-state index in [9.17, 15) is 0 Å². The number of benzene rings is 2. The highest BCUT2D eigenvalue weighted by atomic mass is 35.5. The second-order valence-corrected chi connectivity index (χ2v) is 6.94. The molecule has 122 valence electrons. The van der Waals surface area contributed by atoms with Crippen molar-refractivity contribution in [3.63, 3.8) is 0 Å². The Hall–Kier alpha value is -2.24. The highest BCUT2D eigenvalue weighted by molar-refractivity contribution is 7.99. The van der Waals surface area contributed by atoms with E-state index in [1.807, 2.05) is 25.1 Å². The van der Waals surface area contributed by atoms with Gasteiger partial charge in [-0.15, -0.1) is 0 Å². The number of nitrogens with one attached hydrogen (secondary N) is 1. The summed E-state index contributed by atoms with van der Waals surface area (Å²) in [5, 5.41) is 4.68. The van der Waals surface area contributed by atoms with Crippen molar-refractivity contribution < 1.29 is 0 Å². The standard InChI is InChI=1S/C18H17ClN4S/c1-11-3-6-14(7-4-11)24-18-16(20)17(21-10-22-18)23-15-8-5-13(19)9-12(15)2/h3-10H,20H2,1-2H3,(H,21,22,23). The fourth-order valence-electron chi connectivity index (χ4n) is 2.17. The lowest BCUT2D eigenvalue weighted by Crippen LogP contribution is -2.03. The Kier molecular flexibility index (Phi) is 4.92. The molecule has 0 saturated heterocycles. The Labute approximate surface area is 150 Å². The average Bonchev–Trinajstić information content (AvgIpc) is 2.55. The quantitative estimate of drug-likeness (QED) is 0.627. The lowest BCUT2D eigenvalue weighted by molar-refractivity contribution is 1.06. The van der Waals surface area contributed by atoms with Gasteiger partial charge in [-0.2, -0.15) is 0 Å². The van der Waals surface area contributed by atoms with E-state index < -0.39 is 0 Å². The van der Waals surface area contributed by atoms with Gasteiger partial charge in [-0.05, 0) is 49.7 Å². The van der Waals surface area contributed by atoms with Crippen LogP contribution in [0.2, 0.25) is 5.02 Å². The third kappa shape index (κ3) is 3.80. The van der Waals surface area contributed by atoms with Crippen molar-refractivity contribution in [2.75, 3.05) is 11.1 Å². The molecule has 0 aliphatic rings. The minimum Gasteiger partial charge on any atom is -0.394 e. The maximum absolute atomic E-state index is 6.25. The number of rotatable bonds is 4. The zero-order chi connectivity index (χ0) is 17.1. The van der Waals surface area contributed by atoms with Crippen molar-refractivity contribution in [1.29, 1.82) is 0 Å². The van der Waals surface area contributed by atoms with Gasteiger partial charge in [0.25, 0.3) is 0 Å². The number of nitrogens with zero attached hydrogens (tertiary/aromatic N) is 2. The first-order chi connectivity index (χ1) is 11.5. The molecule has 0 unspecified atom stereocenters. The van der Waals surface area contributed by atoms with Gasteiger partial charge in [0, 0.05) is 15.6 Å². The summed E-state index contributed by atoms with van der Waals surface area (Å²) >= 11 is 7.51.